The highest BCUT2D eigenvalue weighted by atomic mass is 17.0. The van der Waals surface area contributed by atoms with E-state index in [9.17, 15) is 39.6 Å². The van der Waals surface area contributed by atoms with Crippen molar-refractivity contribution in [2.75, 3.05) is 0 Å². The van der Waals surface area contributed by atoms with Crippen LogP contribution in [0.1, 0.15) is 27.7 Å². The van der Waals surface area contributed by atoms with Crippen LogP contribution in [0.3, 0.4) is 0 Å². The van der Waals surface area contributed by atoms with Crippen molar-refractivity contribution in [1.82, 2.24) is 0 Å². The second-order valence-electron chi connectivity index (χ2n) is 4.89. The van der Waals surface area contributed by atoms with Gasteiger partial charge in [0, 0.05) is 0 Å². The van der Waals surface area contributed by atoms with Gasteiger partial charge in [-0.3, -0.25) is 0 Å². The Balaban J connectivity index is 5.89. The summed E-state index contributed by atoms with van der Waals surface area (Å²) in [5.74, 6) is -6.24. The Labute approximate surface area is 141 Å². The van der Waals surface area contributed by atoms with Crippen LogP contribution in [-0.4, -0.2) is 74.9 Å². The predicted molar refractivity (Wildman–Crippen MR) is 73.8 cm³/mol. The Bertz CT molecular complexity index is 414. The van der Waals surface area contributed by atoms with Crippen molar-refractivity contribution in [2.24, 2.45) is 0 Å². The van der Waals surface area contributed by atoms with Crippen LogP contribution in [0.5, 0.6) is 0 Å². The minimum Gasteiger partial charge on any atom is -0.382 e. The lowest BCUT2D eigenvalue weighted by Gasteiger charge is -2.30. The molecule has 12 nitrogen and oxygen atoms in total. The second kappa shape index (κ2) is 9.27. The van der Waals surface area contributed by atoms with Gasteiger partial charge in [0.15, 0.2) is 0 Å². The minimum absolute atomic E-state index is 0.927. The molecule has 0 fully saturated rings. The van der Waals surface area contributed by atoms with Gasteiger partial charge in [0.05, 0.1) is 0 Å². The highest BCUT2D eigenvalue weighted by Crippen LogP contribution is 2.22. The fourth-order valence-corrected chi connectivity index (χ4v) is 0.959. The normalized spacial score (nSPS) is 16.0. The van der Waals surface area contributed by atoms with E-state index < -0.39 is 54.5 Å². The maximum absolute atomic E-state index is 11.6. The van der Waals surface area contributed by atoms with E-state index in [0.717, 1.165) is 27.7 Å². The van der Waals surface area contributed by atoms with Crippen LogP contribution < -0.4 is 0 Å². The van der Waals surface area contributed by atoms with Crippen molar-refractivity contribution < 1.29 is 58.6 Å². The lowest BCUT2D eigenvalue weighted by molar-refractivity contribution is -0.436. The topological polar surface area (TPSA) is 186 Å². The third-order valence-corrected chi connectivity index (χ3v) is 2.27. The molecule has 0 rings (SSSR count). The fourth-order valence-electron chi connectivity index (χ4n) is 0.959. The van der Waals surface area contributed by atoms with Gasteiger partial charge in [0.1, 0.15) is 24.4 Å². The van der Waals surface area contributed by atoms with Crippen molar-refractivity contribution in [2.45, 2.75) is 58.3 Å². The largest absolute Gasteiger partial charge is 0.620 e. The average molecular weight is 368 g/mol. The summed E-state index contributed by atoms with van der Waals surface area (Å²) in [7, 11) is 0. The Kier molecular flexibility index (Phi) is 8.42. The maximum Gasteiger partial charge on any atom is 0.620 e. The number of carbonyl (C=O) groups excluding carboxylic acids is 4. The molecule has 144 valence electrons. The average Bonchev–Trinajstić information content (AvgIpc) is 2.46. The van der Waals surface area contributed by atoms with Crippen LogP contribution in [0, 0.1) is 0 Å². The summed E-state index contributed by atoms with van der Waals surface area (Å²) in [6.07, 6.45) is -10.9. The molecule has 0 aromatic carbocycles. The zero-order chi connectivity index (χ0) is 19.9. The monoisotopic (exact) mass is 368 g/mol. The van der Waals surface area contributed by atoms with Gasteiger partial charge in [-0.25, -0.2) is 19.2 Å². The van der Waals surface area contributed by atoms with E-state index in [0.29, 0.717) is 0 Å². The number of aliphatic hydroxyl groups excluding tert-OH is 4. The molecule has 0 radical (unpaired) electrons. The van der Waals surface area contributed by atoms with E-state index in [2.05, 4.69) is 18.9 Å². The van der Waals surface area contributed by atoms with E-state index in [4.69, 9.17) is 0 Å². The zero-order valence-corrected chi connectivity index (χ0v) is 13.9. The molecular formula is C13H20O12. The second-order valence-corrected chi connectivity index (χ2v) is 4.89. The summed E-state index contributed by atoms with van der Waals surface area (Å²) >= 11 is 0. The number of esters is 4. The predicted octanol–water partition coefficient (Wildman–Crippen LogP) is -2.71. The van der Waals surface area contributed by atoms with Crippen molar-refractivity contribution in [3.05, 3.63) is 0 Å². The van der Waals surface area contributed by atoms with Gasteiger partial charge in [0.25, 0.3) is 0 Å². The van der Waals surface area contributed by atoms with Gasteiger partial charge < -0.3 is 39.4 Å². The van der Waals surface area contributed by atoms with Crippen molar-refractivity contribution in [1.29, 1.82) is 0 Å². The number of aliphatic hydroxyl groups is 4. The molecule has 0 saturated carbocycles. The summed E-state index contributed by atoms with van der Waals surface area (Å²) in [4.78, 5) is 46.3. The van der Waals surface area contributed by atoms with E-state index >= 15 is 0 Å². The summed E-state index contributed by atoms with van der Waals surface area (Å²) in [5.41, 5.74) is 0. The SMILES string of the molecule is C[C@H](O)C(=O)OC(OC(=O)[C@H](C)O)(OC(=O)[C@H](C)O)OC(=O)[C@H](C)O. The highest BCUT2D eigenvalue weighted by molar-refractivity contribution is 5.79. The molecule has 0 heterocycles. The molecule has 0 aromatic heterocycles. The maximum atomic E-state index is 11.6. The summed E-state index contributed by atoms with van der Waals surface area (Å²) in [5, 5.41) is 36.7. The first-order valence-corrected chi connectivity index (χ1v) is 6.95. The van der Waals surface area contributed by atoms with Gasteiger partial charge in [-0.1, -0.05) is 0 Å². The highest BCUT2D eigenvalue weighted by Gasteiger charge is 2.52. The third-order valence-electron chi connectivity index (χ3n) is 2.27. The Morgan fingerprint density at radius 1 is 0.560 bits per heavy atom. The van der Waals surface area contributed by atoms with Crippen molar-refractivity contribution in [3.63, 3.8) is 0 Å². The first-order chi connectivity index (χ1) is 11.3. The van der Waals surface area contributed by atoms with Crippen LogP contribution in [0.4, 0.5) is 0 Å². The van der Waals surface area contributed by atoms with Gasteiger partial charge in [-0.05, 0) is 27.7 Å². The molecule has 25 heavy (non-hydrogen) atoms. The summed E-state index contributed by atoms with van der Waals surface area (Å²) < 4.78 is 17.6. The molecule has 4 atom stereocenters. The molecule has 0 aliphatic rings. The molecule has 4 N–H and O–H groups in total. The number of rotatable bonds is 8. The number of carbonyl (C=O) groups is 4. The number of hydrogen-bond donors (Lipinski definition) is 4. The van der Waals surface area contributed by atoms with Crippen LogP contribution in [0.2, 0.25) is 0 Å². The third kappa shape index (κ3) is 7.43. The zero-order valence-electron chi connectivity index (χ0n) is 13.9. The molecule has 0 aliphatic heterocycles. The van der Waals surface area contributed by atoms with E-state index in [1.54, 1.807) is 0 Å². The molecule has 0 aromatic rings. The molecule has 0 amide bonds. The quantitative estimate of drug-likeness (QED) is 0.257. The number of hydrogen-bond acceptors (Lipinski definition) is 12. The first kappa shape index (κ1) is 22.7. The fraction of sp³-hybridized carbons (Fsp3) is 0.692. The van der Waals surface area contributed by atoms with Gasteiger partial charge in [0.2, 0.25) is 0 Å². The van der Waals surface area contributed by atoms with E-state index in [-0.39, 0.29) is 0 Å². The Hall–Kier alpha value is -2.28. The minimum atomic E-state index is -3.52. The smallest absolute Gasteiger partial charge is 0.382 e. The van der Waals surface area contributed by atoms with Gasteiger partial charge >= 0.3 is 30.0 Å². The molecule has 0 spiro atoms. The first-order valence-electron chi connectivity index (χ1n) is 6.95. The summed E-state index contributed by atoms with van der Waals surface area (Å²) in [6.45, 7) is 3.71. The Morgan fingerprint density at radius 3 is 0.840 bits per heavy atom. The molecule has 0 unspecified atom stereocenters. The molecule has 0 aliphatic carbocycles. The number of ether oxygens (including phenoxy) is 4. The van der Waals surface area contributed by atoms with E-state index in [1.165, 1.54) is 0 Å². The molecule has 0 bridgehead atoms. The van der Waals surface area contributed by atoms with Gasteiger partial charge in [-0.15, -0.1) is 0 Å². The van der Waals surface area contributed by atoms with Crippen LogP contribution >= 0.6 is 0 Å². The van der Waals surface area contributed by atoms with Crippen LogP contribution in [0.15, 0.2) is 0 Å². The van der Waals surface area contributed by atoms with Crippen molar-refractivity contribution in [3.8, 4) is 0 Å². The standard InChI is InChI=1S/C13H20O12/c1-5(14)9(18)22-13(23-10(19)6(2)15,24-11(20)7(3)16)25-12(21)8(4)17/h5-8,14-17H,1-4H3/t5-,6-,7-,8-/m0/s1. The van der Waals surface area contributed by atoms with Gasteiger partial charge in [-0.2, -0.15) is 0 Å². The van der Waals surface area contributed by atoms with E-state index in [1.807, 2.05) is 0 Å². The molecular weight excluding hydrogens is 348 g/mol. The van der Waals surface area contributed by atoms with Crippen molar-refractivity contribution >= 4 is 23.9 Å². The molecule has 0 saturated heterocycles. The lowest BCUT2D eigenvalue weighted by atomic mass is 10.4. The summed E-state index contributed by atoms with van der Waals surface area (Å²) in [6, 6.07) is 0. The molecule has 12 heteroatoms. The lowest BCUT2D eigenvalue weighted by Crippen LogP contribution is -2.52. The van der Waals surface area contributed by atoms with Crippen LogP contribution in [-0.2, 0) is 38.1 Å². The van der Waals surface area contributed by atoms with Crippen LogP contribution in [0.25, 0.3) is 0 Å². The Morgan fingerprint density at radius 2 is 0.720 bits per heavy atom.